The summed E-state index contributed by atoms with van der Waals surface area (Å²) in [5.41, 5.74) is -1.16. The zero-order valence-corrected chi connectivity index (χ0v) is 13.1. The Balaban J connectivity index is 2.25. The summed E-state index contributed by atoms with van der Waals surface area (Å²) in [7, 11) is 0. The highest BCUT2D eigenvalue weighted by molar-refractivity contribution is 5.86. The molecule has 1 aliphatic rings. The summed E-state index contributed by atoms with van der Waals surface area (Å²) in [5, 5.41) is 17.9. The number of carboxylic acid groups (broad SMARTS) is 1. The molecule has 0 aliphatic carbocycles. The summed E-state index contributed by atoms with van der Waals surface area (Å²) < 4.78 is 0. The minimum absolute atomic E-state index is 0.368. The standard InChI is InChI=1S/C14H28N4O3/c1-3-14(4-2,12(19)20)17-13(21)16-6-5-9-18-10-7-15-8-11-18/h15H,3-11H2,1-2H3,(H,19,20)(H2,16,17,21). The number of nitrogens with zero attached hydrogens (tertiary/aromatic N) is 1. The van der Waals surface area contributed by atoms with Gasteiger partial charge in [0, 0.05) is 32.7 Å². The van der Waals surface area contributed by atoms with Gasteiger partial charge in [0.2, 0.25) is 0 Å². The average molecular weight is 300 g/mol. The van der Waals surface area contributed by atoms with Gasteiger partial charge in [0.25, 0.3) is 0 Å². The molecule has 0 aromatic rings. The number of urea groups is 1. The molecule has 21 heavy (non-hydrogen) atoms. The maximum absolute atomic E-state index is 11.8. The Bertz CT molecular complexity index is 339. The molecule has 1 rings (SSSR count). The largest absolute Gasteiger partial charge is 0.480 e. The molecule has 0 atom stereocenters. The molecule has 0 aromatic heterocycles. The third-order valence-electron chi connectivity index (χ3n) is 4.12. The van der Waals surface area contributed by atoms with Gasteiger partial charge in [-0.25, -0.2) is 9.59 Å². The van der Waals surface area contributed by atoms with Gasteiger partial charge in [0.1, 0.15) is 5.54 Å². The number of carbonyl (C=O) groups is 2. The summed E-state index contributed by atoms with van der Waals surface area (Å²) >= 11 is 0. The van der Waals surface area contributed by atoms with Crippen molar-refractivity contribution >= 4 is 12.0 Å². The fourth-order valence-corrected chi connectivity index (χ4v) is 2.48. The van der Waals surface area contributed by atoms with E-state index in [-0.39, 0.29) is 0 Å². The number of nitrogens with one attached hydrogen (secondary N) is 3. The molecule has 0 aromatic carbocycles. The average Bonchev–Trinajstić information content (AvgIpc) is 2.50. The number of rotatable bonds is 8. The van der Waals surface area contributed by atoms with E-state index in [0.29, 0.717) is 19.4 Å². The summed E-state index contributed by atoms with van der Waals surface area (Å²) in [5.74, 6) is -0.983. The van der Waals surface area contributed by atoms with Gasteiger partial charge >= 0.3 is 12.0 Å². The molecule has 0 radical (unpaired) electrons. The second-order valence-corrected chi connectivity index (χ2v) is 5.42. The monoisotopic (exact) mass is 300 g/mol. The Hall–Kier alpha value is -1.34. The van der Waals surface area contributed by atoms with Gasteiger partial charge < -0.3 is 26.0 Å². The summed E-state index contributed by atoms with van der Waals surface area (Å²) in [6, 6.07) is -0.401. The molecular weight excluding hydrogens is 272 g/mol. The van der Waals surface area contributed by atoms with Crippen LogP contribution in [0.15, 0.2) is 0 Å². The molecule has 7 heteroatoms. The fourth-order valence-electron chi connectivity index (χ4n) is 2.48. The number of hydrogen-bond donors (Lipinski definition) is 4. The van der Waals surface area contributed by atoms with Crippen molar-refractivity contribution in [2.24, 2.45) is 0 Å². The number of amides is 2. The van der Waals surface area contributed by atoms with Gasteiger partial charge in [-0.2, -0.15) is 0 Å². The Morgan fingerprint density at radius 3 is 2.38 bits per heavy atom. The van der Waals surface area contributed by atoms with E-state index < -0.39 is 17.5 Å². The Morgan fingerprint density at radius 1 is 1.24 bits per heavy atom. The molecule has 0 bridgehead atoms. The normalized spacial score (nSPS) is 16.5. The Morgan fingerprint density at radius 2 is 1.86 bits per heavy atom. The van der Waals surface area contributed by atoms with E-state index in [0.717, 1.165) is 39.1 Å². The lowest BCUT2D eigenvalue weighted by Crippen LogP contribution is -2.56. The number of piperazine rings is 1. The van der Waals surface area contributed by atoms with Crippen LogP contribution in [0.1, 0.15) is 33.1 Å². The fraction of sp³-hybridized carbons (Fsp3) is 0.857. The summed E-state index contributed by atoms with van der Waals surface area (Å²) in [4.78, 5) is 25.5. The molecule has 0 saturated carbocycles. The van der Waals surface area contributed by atoms with Crippen LogP contribution in [0.5, 0.6) is 0 Å². The van der Waals surface area contributed by atoms with Crippen molar-refractivity contribution < 1.29 is 14.7 Å². The van der Waals surface area contributed by atoms with Crippen molar-refractivity contribution in [2.45, 2.75) is 38.6 Å². The van der Waals surface area contributed by atoms with E-state index in [9.17, 15) is 14.7 Å². The molecular formula is C14H28N4O3. The third kappa shape index (κ3) is 5.51. The van der Waals surface area contributed by atoms with E-state index in [1.54, 1.807) is 13.8 Å². The number of aliphatic carboxylic acids is 1. The van der Waals surface area contributed by atoms with Crippen LogP contribution in [0.3, 0.4) is 0 Å². The minimum Gasteiger partial charge on any atom is -0.480 e. The summed E-state index contributed by atoms with van der Waals surface area (Å²) in [6.45, 7) is 9.15. The van der Waals surface area contributed by atoms with Crippen LogP contribution >= 0.6 is 0 Å². The number of carboxylic acids is 1. The quantitative estimate of drug-likeness (QED) is 0.481. The first-order valence-corrected chi connectivity index (χ1v) is 7.76. The van der Waals surface area contributed by atoms with E-state index >= 15 is 0 Å². The predicted molar refractivity (Wildman–Crippen MR) is 81.4 cm³/mol. The van der Waals surface area contributed by atoms with E-state index in [4.69, 9.17) is 0 Å². The van der Waals surface area contributed by atoms with Crippen LogP contribution in [0.4, 0.5) is 4.79 Å². The van der Waals surface area contributed by atoms with Gasteiger partial charge in [-0.3, -0.25) is 0 Å². The maximum Gasteiger partial charge on any atom is 0.329 e. The predicted octanol–water partition coefficient (Wildman–Crippen LogP) is 0.224. The minimum atomic E-state index is -1.16. The SMILES string of the molecule is CCC(CC)(NC(=O)NCCCN1CCNCC1)C(=O)O. The second kappa shape index (κ2) is 8.84. The molecule has 1 aliphatic heterocycles. The smallest absolute Gasteiger partial charge is 0.329 e. The topological polar surface area (TPSA) is 93.7 Å². The van der Waals surface area contributed by atoms with Crippen molar-refractivity contribution in [1.29, 1.82) is 0 Å². The lowest BCUT2D eigenvalue weighted by Gasteiger charge is -2.28. The van der Waals surface area contributed by atoms with Crippen molar-refractivity contribution in [3.8, 4) is 0 Å². The van der Waals surface area contributed by atoms with Crippen LogP contribution in [0.2, 0.25) is 0 Å². The van der Waals surface area contributed by atoms with E-state index in [1.165, 1.54) is 0 Å². The van der Waals surface area contributed by atoms with Gasteiger partial charge in [0.15, 0.2) is 0 Å². The first-order valence-electron chi connectivity index (χ1n) is 7.76. The van der Waals surface area contributed by atoms with Crippen molar-refractivity contribution in [3.05, 3.63) is 0 Å². The van der Waals surface area contributed by atoms with Crippen LogP contribution in [0, 0.1) is 0 Å². The van der Waals surface area contributed by atoms with Gasteiger partial charge in [0.05, 0.1) is 0 Å². The van der Waals surface area contributed by atoms with Crippen LogP contribution < -0.4 is 16.0 Å². The Kier molecular flexibility index (Phi) is 7.45. The van der Waals surface area contributed by atoms with Gasteiger partial charge in [-0.05, 0) is 25.8 Å². The molecule has 1 saturated heterocycles. The van der Waals surface area contributed by atoms with Crippen LogP contribution in [-0.4, -0.2) is 66.8 Å². The molecule has 1 heterocycles. The number of carbonyl (C=O) groups excluding carboxylic acids is 1. The zero-order chi connectivity index (χ0) is 15.7. The Labute approximate surface area is 126 Å². The van der Waals surface area contributed by atoms with E-state index in [1.807, 2.05) is 0 Å². The van der Waals surface area contributed by atoms with Gasteiger partial charge in [-0.15, -0.1) is 0 Å². The second-order valence-electron chi connectivity index (χ2n) is 5.42. The van der Waals surface area contributed by atoms with Gasteiger partial charge in [-0.1, -0.05) is 13.8 Å². The molecule has 4 N–H and O–H groups in total. The lowest BCUT2D eigenvalue weighted by atomic mass is 9.93. The zero-order valence-electron chi connectivity index (χ0n) is 13.1. The first kappa shape index (κ1) is 17.7. The lowest BCUT2D eigenvalue weighted by molar-refractivity contribution is -0.144. The van der Waals surface area contributed by atoms with Crippen molar-refractivity contribution in [3.63, 3.8) is 0 Å². The molecule has 2 amide bonds. The highest BCUT2D eigenvalue weighted by Gasteiger charge is 2.36. The molecule has 7 nitrogen and oxygen atoms in total. The van der Waals surface area contributed by atoms with Crippen LogP contribution in [-0.2, 0) is 4.79 Å². The first-order chi connectivity index (χ1) is 10.0. The van der Waals surface area contributed by atoms with E-state index in [2.05, 4.69) is 20.9 Å². The van der Waals surface area contributed by atoms with Crippen LogP contribution in [0.25, 0.3) is 0 Å². The highest BCUT2D eigenvalue weighted by Crippen LogP contribution is 2.15. The molecule has 1 fully saturated rings. The molecule has 0 unspecified atom stereocenters. The number of hydrogen-bond acceptors (Lipinski definition) is 4. The molecule has 0 spiro atoms. The third-order valence-corrected chi connectivity index (χ3v) is 4.12. The molecule has 122 valence electrons. The van der Waals surface area contributed by atoms with Crippen molar-refractivity contribution in [2.75, 3.05) is 39.3 Å². The maximum atomic E-state index is 11.8. The van der Waals surface area contributed by atoms with Crippen molar-refractivity contribution in [1.82, 2.24) is 20.9 Å². The highest BCUT2D eigenvalue weighted by atomic mass is 16.4. The summed E-state index contributed by atoms with van der Waals surface area (Å²) in [6.07, 6.45) is 1.60.